The van der Waals surface area contributed by atoms with Gasteiger partial charge in [-0.15, -0.1) is 0 Å². The zero-order valence-electron chi connectivity index (χ0n) is 24.8. The third kappa shape index (κ3) is 4.19. The predicted octanol–water partition coefficient (Wildman–Crippen LogP) is 8.23. The van der Waals surface area contributed by atoms with Crippen LogP contribution in [0, 0.1) is 0 Å². The second-order valence-electron chi connectivity index (χ2n) is 11.6. The molecule has 2 aliphatic heterocycles. The summed E-state index contributed by atoms with van der Waals surface area (Å²) in [5.74, 6) is -0.340. The normalized spacial score (nSPS) is 18.7. The summed E-state index contributed by atoms with van der Waals surface area (Å²) < 4.78 is 0. The van der Waals surface area contributed by atoms with Gasteiger partial charge >= 0.3 is 0 Å². The molecule has 6 nitrogen and oxygen atoms in total. The fourth-order valence-corrected chi connectivity index (χ4v) is 7.07. The quantitative estimate of drug-likeness (QED) is 0.156. The van der Waals surface area contributed by atoms with Crippen molar-refractivity contribution in [1.29, 1.82) is 0 Å². The minimum absolute atomic E-state index is 0.170. The van der Waals surface area contributed by atoms with Crippen LogP contribution >= 0.6 is 0 Å². The molecule has 0 aliphatic carbocycles. The maximum absolute atomic E-state index is 13.2. The van der Waals surface area contributed by atoms with Gasteiger partial charge in [0, 0.05) is 45.0 Å². The van der Waals surface area contributed by atoms with E-state index in [1.165, 1.54) is 0 Å². The Morgan fingerprint density at radius 2 is 0.870 bits per heavy atom. The lowest BCUT2D eigenvalue weighted by Crippen LogP contribution is -2.51. The first-order valence-corrected chi connectivity index (χ1v) is 15.3. The summed E-state index contributed by atoms with van der Waals surface area (Å²) in [6.07, 6.45) is 0. The van der Waals surface area contributed by atoms with E-state index < -0.39 is 11.1 Å². The first-order chi connectivity index (χ1) is 22.6. The molecule has 6 aromatic rings. The van der Waals surface area contributed by atoms with E-state index in [1.807, 2.05) is 72.8 Å². The number of anilines is 4. The van der Waals surface area contributed by atoms with Crippen molar-refractivity contribution in [3.63, 3.8) is 0 Å². The maximum Gasteiger partial charge on any atom is 0.255 e. The van der Waals surface area contributed by atoms with Gasteiger partial charge < -0.3 is 21.3 Å². The van der Waals surface area contributed by atoms with Crippen LogP contribution in [-0.4, -0.2) is 11.8 Å². The van der Waals surface area contributed by atoms with Crippen molar-refractivity contribution < 1.29 is 9.59 Å². The van der Waals surface area contributed by atoms with Crippen LogP contribution in [0.1, 0.15) is 43.0 Å². The summed E-state index contributed by atoms with van der Waals surface area (Å²) in [6, 6.07) is 51.4. The van der Waals surface area contributed by atoms with Crippen molar-refractivity contribution in [2.45, 2.75) is 11.1 Å². The molecule has 0 radical (unpaired) electrons. The van der Waals surface area contributed by atoms with Gasteiger partial charge in [0.2, 0.25) is 0 Å². The van der Waals surface area contributed by atoms with Crippen molar-refractivity contribution >= 4 is 34.6 Å². The molecule has 2 aliphatic rings. The first-order valence-electron chi connectivity index (χ1n) is 15.3. The molecule has 2 atom stereocenters. The van der Waals surface area contributed by atoms with Crippen LogP contribution in [0.5, 0.6) is 0 Å². The Morgan fingerprint density at radius 1 is 0.435 bits per heavy atom. The average molecular weight is 599 g/mol. The largest absolute Gasteiger partial charge is 0.369 e. The monoisotopic (exact) mass is 598 g/mol. The Hall–Kier alpha value is -6.14. The molecule has 6 aromatic carbocycles. The van der Waals surface area contributed by atoms with Crippen LogP contribution in [0.3, 0.4) is 0 Å². The summed E-state index contributed by atoms with van der Waals surface area (Å²) in [5.41, 5.74) is 7.06. The molecule has 0 aromatic heterocycles. The fourth-order valence-electron chi connectivity index (χ4n) is 7.07. The number of amides is 2. The molecule has 0 saturated carbocycles. The molecule has 4 N–H and O–H groups in total. The van der Waals surface area contributed by atoms with Crippen LogP contribution in [0.25, 0.3) is 0 Å². The molecule has 0 fully saturated rings. The number of benzene rings is 6. The molecule has 0 saturated heterocycles. The molecular formula is C40H30N4O2. The van der Waals surface area contributed by atoms with E-state index in [0.717, 1.165) is 33.6 Å². The smallest absolute Gasteiger partial charge is 0.255 e. The van der Waals surface area contributed by atoms with Gasteiger partial charge in [0.05, 0.1) is 0 Å². The highest BCUT2D eigenvalue weighted by Gasteiger charge is 2.65. The maximum atomic E-state index is 13.2. The van der Waals surface area contributed by atoms with Gasteiger partial charge in [-0.2, -0.15) is 0 Å². The predicted molar refractivity (Wildman–Crippen MR) is 183 cm³/mol. The number of carbonyl (C=O) groups is 2. The Balaban J connectivity index is 1.29. The average Bonchev–Trinajstić information content (AvgIpc) is 3.57. The lowest BCUT2D eigenvalue weighted by molar-refractivity contribution is 0.101. The van der Waals surface area contributed by atoms with Crippen LogP contribution in [0.4, 0.5) is 22.7 Å². The van der Waals surface area contributed by atoms with Gasteiger partial charge in [0.15, 0.2) is 0 Å². The molecule has 8 rings (SSSR count). The standard InChI is InChI=1S/C40H30N4O2/c45-37(27-13-5-1-6-14-27)41-31-22-24-35-34(25-31)40(30-19-11-4-12-20-30)39(43-35,29-17-9-3-10-18-29)33-23-21-32(26-36(33)44-40)42-38(46)28-15-7-2-8-16-28/h1-26,43-44H,(H,41,45)(H,42,46)/t39-,40-/m1/s1. The zero-order valence-corrected chi connectivity index (χ0v) is 24.8. The number of rotatable bonds is 6. The summed E-state index contributed by atoms with van der Waals surface area (Å²) in [4.78, 5) is 26.3. The van der Waals surface area contributed by atoms with E-state index in [0.29, 0.717) is 22.5 Å². The van der Waals surface area contributed by atoms with Crippen LogP contribution in [0.15, 0.2) is 158 Å². The lowest BCUT2D eigenvalue weighted by atomic mass is 9.66. The van der Waals surface area contributed by atoms with Crippen molar-refractivity contribution in [2.24, 2.45) is 0 Å². The number of hydrogen-bond donors (Lipinski definition) is 4. The van der Waals surface area contributed by atoms with Gasteiger partial charge in [-0.25, -0.2) is 0 Å². The van der Waals surface area contributed by atoms with E-state index in [4.69, 9.17) is 0 Å². The van der Waals surface area contributed by atoms with Crippen LogP contribution < -0.4 is 21.3 Å². The van der Waals surface area contributed by atoms with Gasteiger partial charge in [-0.3, -0.25) is 9.59 Å². The number of carbonyl (C=O) groups excluding carboxylic acids is 2. The SMILES string of the molecule is O=C(Nc1ccc2c(c1)N[C@]1(c3ccccc3)c3cc(NC(=O)c4ccccc4)ccc3N[C@]21c1ccccc1)c1ccccc1. The third-order valence-corrected chi connectivity index (χ3v) is 9.06. The van der Waals surface area contributed by atoms with E-state index in [-0.39, 0.29) is 11.8 Å². The summed E-state index contributed by atoms with van der Waals surface area (Å²) in [6.45, 7) is 0. The Kier molecular flexibility index (Phi) is 6.43. The highest BCUT2D eigenvalue weighted by molar-refractivity contribution is 6.05. The van der Waals surface area contributed by atoms with Crippen LogP contribution in [-0.2, 0) is 11.1 Å². The topological polar surface area (TPSA) is 82.3 Å². The highest BCUT2D eigenvalue weighted by atomic mass is 16.2. The van der Waals surface area contributed by atoms with Crippen molar-refractivity contribution in [3.8, 4) is 0 Å². The van der Waals surface area contributed by atoms with Crippen molar-refractivity contribution in [1.82, 2.24) is 0 Å². The molecule has 0 spiro atoms. The molecular weight excluding hydrogens is 568 g/mol. The Bertz CT molecular complexity index is 2090. The lowest BCUT2D eigenvalue weighted by Gasteiger charge is -2.42. The third-order valence-electron chi connectivity index (χ3n) is 9.06. The van der Waals surface area contributed by atoms with E-state index in [2.05, 4.69) is 81.9 Å². The minimum Gasteiger partial charge on any atom is -0.369 e. The summed E-state index contributed by atoms with van der Waals surface area (Å²) in [7, 11) is 0. The zero-order chi connectivity index (χ0) is 31.1. The Morgan fingerprint density at radius 3 is 1.41 bits per heavy atom. The summed E-state index contributed by atoms with van der Waals surface area (Å²) in [5, 5.41) is 14.1. The van der Waals surface area contributed by atoms with Gasteiger partial charge in [0.1, 0.15) is 11.1 Å². The number of hydrogen-bond acceptors (Lipinski definition) is 4. The van der Waals surface area contributed by atoms with Gasteiger partial charge in [0.25, 0.3) is 11.8 Å². The summed E-state index contributed by atoms with van der Waals surface area (Å²) >= 11 is 0. The second-order valence-corrected chi connectivity index (χ2v) is 11.6. The Labute approximate surface area is 267 Å². The van der Waals surface area contributed by atoms with E-state index >= 15 is 0 Å². The molecule has 222 valence electrons. The molecule has 46 heavy (non-hydrogen) atoms. The van der Waals surface area contributed by atoms with Gasteiger partial charge in [-0.1, -0.05) is 103 Å². The van der Waals surface area contributed by atoms with E-state index in [9.17, 15) is 9.59 Å². The second kappa shape index (κ2) is 10.8. The number of fused-ring (bicyclic) bond motifs is 5. The van der Waals surface area contributed by atoms with Crippen molar-refractivity contribution in [2.75, 3.05) is 21.3 Å². The van der Waals surface area contributed by atoms with Crippen LogP contribution in [0.2, 0.25) is 0 Å². The van der Waals surface area contributed by atoms with Crippen molar-refractivity contribution in [3.05, 3.63) is 191 Å². The molecule has 2 amide bonds. The molecule has 2 heterocycles. The van der Waals surface area contributed by atoms with Gasteiger partial charge in [-0.05, 0) is 65.7 Å². The molecule has 6 heteroatoms. The fraction of sp³-hybridized carbons (Fsp3) is 0.0500. The number of nitrogens with one attached hydrogen (secondary N) is 4. The molecule has 0 bridgehead atoms. The highest BCUT2D eigenvalue weighted by Crippen LogP contribution is 2.64. The van der Waals surface area contributed by atoms with E-state index in [1.54, 1.807) is 24.3 Å². The minimum atomic E-state index is -0.803. The first kappa shape index (κ1) is 27.4. The molecule has 0 unspecified atom stereocenters.